The van der Waals surface area contributed by atoms with E-state index in [0.29, 0.717) is 10.8 Å². The van der Waals surface area contributed by atoms with Crippen molar-refractivity contribution in [3.05, 3.63) is 81.8 Å². The number of amides is 2. The first-order valence-electron chi connectivity index (χ1n) is 9.23. The first-order chi connectivity index (χ1) is 13.9. The average Bonchev–Trinajstić information content (AvgIpc) is 2.70. The molecule has 0 aliphatic heterocycles. The Bertz CT molecular complexity index is 1160. The summed E-state index contributed by atoms with van der Waals surface area (Å²) in [6.45, 7) is 5.58. The maximum absolute atomic E-state index is 12.6. The first kappa shape index (κ1) is 20.0. The quantitative estimate of drug-likeness (QED) is 0.529. The molecule has 0 atom stereocenters. The Hall–Kier alpha value is -3.74. The molecule has 3 aromatic rings. The van der Waals surface area contributed by atoms with Crippen LogP contribution >= 0.6 is 0 Å². The molecule has 0 bridgehead atoms. The number of carbonyl (C=O) groups excluding carboxylic acids is 2. The van der Waals surface area contributed by atoms with E-state index in [2.05, 4.69) is 16.0 Å². The molecule has 2 aromatic carbocycles. The zero-order valence-corrected chi connectivity index (χ0v) is 16.5. The Morgan fingerprint density at radius 3 is 2.45 bits per heavy atom. The van der Waals surface area contributed by atoms with Crippen molar-refractivity contribution >= 4 is 28.7 Å². The molecule has 0 fully saturated rings. The van der Waals surface area contributed by atoms with Crippen LogP contribution in [0, 0.1) is 6.92 Å². The van der Waals surface area contributed by atoms with Crippen molar-refractivity contribution in [2.24, 2.45) is 0 Å². The molecule has 0 saturated carbocycles. The number of hydrogen-bond donors (Lipinski definition) is 2. The zero-order valence-electron chi connectivity index (χ0n) is 16.5. The molecular weight excluding hydrogens is 368 g/mol. The predicted octanol–water partition coefficient (Wildman–Crippen LogP) is 2.76. The van der Waals surface area contributed by atoms with Crippen LogP contribution in [0.2, 0.25) is 0 Å². The van der Waals surface area contributed by atoms with E-state index < -0.39 is 11.8 Å². The van der Waals surface area contributed by atoms with Gasteiger partial charge in [0.05, 0.1) is 11.4 Å². The second-order valence-electron chi connectivity index (χ2n) is 6.93. The Balaban J connectivity index is 1.79. The number of nitrogens with one attached hydrogen (secondary N) is 2. The van der Waals surface area contributed by atoms with E-state index in [1.807, 2.05) is 45.0 Å². The van der Waals surface area contributed by atoms with Crippen LogP contribution in [0.3, 0.4) is 0 Å². The number of hydrogen-bond acceptors (Lipinski definition) is 4. The van der Waals surface area contributed by atoms with Gasteiger partial charge in [-0.1, -0.05) is 48.0 Å². The van der Waals surface area contributed by atoms with Crippen LogP contribution < -0.4 is 16.4 Å². The smallest absolute Gasteiger partial charge is 0.268 e. The van der Waals surface area contributed by atoms with Gasteiger partial charge in [-0.05, 0) is 38.5 Å². The summed E-state index contributed by atoms with van der Waals surface area (Å²) in [6.07, 6.45) is 2.98. The molecule has 7 heteroatoms. The van der Waals surface area contributed by atoms with E-state index in [0.717, 1.165) is 11.1 Å². The molecule has 0 saturated heterocycles. The standard InChI is InChI=1S/C22H22N4O3/c1-14(2)26-22(29)18-10-5-4-9-17(18)20(25-26)21(28)24-23-19(27)12-11-16-8-6-7-15(3)13-16/h4-14H,1-3H3,(H,23,27)(H,24,28)/b12-11+. The fourth-order valence-corrected chi connectivity index (χ4v) is 2.89. The van der Waals surface area contributed by atoms with Gasteiger partial charge in [0.15, 0.2) is 5.69 Å². The molecule has 2 amide bonds. The van der Waals surface area contributed by atoms with Crippen molar-refractivity contribution < 1.29 is 9.59 Å². The van der Waals surface area contributed by atoms with Crippen molar-refractivity contribution in [2.45, 2.75) is 26.8 Å². The van der Waals surface area contributed by atoms with Crippen LogP contribution in [0.5, 0.6) is 0 Å². The largest absolute Gasteiger partial charge is 0.290 e. The molecular formula is C22H22N4O3. The van der Waals surface area contributed by atoms with Crippen LogP contribution in [0.1, 0.15) is 41.5 Å². The molecule has 0 unspecified atom stereocenters. The molecule has 0 aliphatic carbocycles. The molecule has 7 nitrogen and oxygen atoms in total. The summed E-state index contributed by atoms with van der Waals surface area (Å²) in [5.74, 6) is -1.09. The van der Waals surface area contributed by atoms with E-state index in [9.17, 15) is 14.4 Å². The van der Waals surface area contributed by atoms with Gasteiger partial charge in [-0.2, -0.15) is 5.10 Å². The van der Waals surface area contributed by atoms with Crippen molar-refractivity contribution in [3.63, 3.8) is 0 Å². The van der Waals surface area contributed by atoms with Gasteiger partial charge in [-0.25, -0.2) is 4.68 Å². The third-order valence-corrected chi connectivity index (χ3v) is 4.30. The number of benzene rings is 2. The minimum atomic E-state index is -0.604. The number of nitrogens with zero attached hydrogens (tertiary/aromatic N) is 2. The lowest BCUT2D eigenvalue weighted by atomic mass is 10.1. The summed E-state index contributed by atoms with van der Waals surface area (Å²) in [7, 11) is 0. The maximum Gasteiger partial charge on any atom is 0.290 e. The van der Waals surface area contributed by atoms with E-state index in [4.69, 9.17) is 0 Å². The minimum absolute atomic E-state index is 0.0665. The lowest BCUT2D eigenvalue weighted by Crippen LogP contribution is -2.42. The normalized spacial score (nSPS) is 11.2. The second-order valence-corrected chi connectivity index (χ2v) is 6.93. The summed E-state index contributed by atoms with van der Waals surface area (Å²) in [4.78, 5) is 37.2. The number of hydrazine groups is 1. The molecule has 148 valence electrons. The highest BCUT2D eigenvalue weighted by Crippen LogP contribution is 2.14. The van der Waals surface area contributed by atoms with E-state index in [1.54, 1.807) is 30.3 Å². The number of fused-ring (bicyclic) bond motifs is 1. The Kier molecular flexibility index (Phi) is 5.87. The predicted molar refractivity (Wildman–Crippen MR) is 112 cm³/mol. The number of rotatable bonds is 4. The van der Waals surface area contributed by atoms with E-state index in [-0.39, 0.29) is 17.3 Å². The van der Waals surface area contributed by atoms with Gasteiger partial charge in [0.25, 0.3) is 17.4 Å². The van der Waals surface area contributed by atoms with Crippen LogP contribution in [0.4, 0.5) is 0 Å². The highest BCUT2D eigenvalue weighted by Gasteiger charge is 2.17. The van der Waals surface area contributed by atoms with Gasteiger partial charge in [0.2, 0.25) is 0 Å². The summed E-state index contributed by atoms with van der Waals surface area (Å²) >= 11 is 0. The third kappa shape index (κ3) is 4.57. The minimum Gasteiger partial charge on any atom is -0.268 e. The van der Waals surface area contributed by atoms with Gasteiger partial charge >= 0.3 is 0 Å². The Labute approximate surface area is 168 Å². The van der Waals surface area contributed by atoms with Crippen molar-refractivity contribution in [2.75, 3.05) is 0 Å². The summed E-state index contributed by atoms with van der Waals surface area (Å²) in [5, 5.41) is 5.03. The van der Waals surface area contributed by atoms with Crippen LogP contribution in [0.25, 0.3) is 16.8 Å². The fourth-order valence-electron chi connectivity index (χ4n) is 2.89. The van der Waals surface area contributed by atoms with Crippen molar-refractivity contribution in [1.82, 2.24) is 20.6 Å². The van der Waals surface area contributed by atoms with Gasteiger partial charge in [-0.3, -0.25) is 25.2 Å². The van der Waals surface area contributed by atoms with Crippen molar-refractivity contribution in [3.8, 4) is 0 Å². The van der Waals surface area contributed by atoms with Gasteiger partial charge in [0.1, 0.15) is 0 Å². The fraction of sp³-hybridized carbons (Fsp3) is 0.182. The summed E-state index contributed by atoms with van der Waals surface area (Å²) in [6, 6.07) is 14.2. The first-order valence-corrected chi connectivity index (χ1v) is 9.23. The lowest BCUT2D eigenvalue weighted by molar-refractivity contribution is -0.117. The number of aromatic nitrogens is 2. The molecule has 0 spiro atoms. The Morgan fingerprint density at radius 2 is 1.76 bits per heavy atom. The molecule has 1 aromatic heterocycles. The molecule has 29 heavy (non-hydrogen) atoms. The molecule has 2 N–H and O–H groups in total. The van der Waals surface area contributed by atoms with Crippen LogP contribution in [-0.4, -0.2) is 21.6 Å². The second kappa shape index (κ2) is 8.52. The highest BCUT2D eigenvalue weighted by atomic mass is 16.2. The Morgan fingerprint density at radius 1 is 1.03 bits per heavy atom. The zero-order chi connectivity index (χ0) is 21.0. The highest BCUT2D eigenvalue weighted by molar-refractivity contribution is 6.05. The van der Waals surface area contributed by atoms with Crippen molar-refractivity contribution in [1.29, 1.82) is 0 Å². The monoisotopic (exact) mass is 390 g/mol. The summed E-state index contributed by atoms with van der Waals surface area (Å²) < 4.78 is 1.26. The number of carbonyl (C=O) groups is 2. The number of aryl methyl sites for hydroxylation is 1. The average molecular weight is 390 g/mol. The summed E-state index contributed by atoms with van der Waals surface area (Å²) in [5.41, 5.74) is 6.46. The third-order valence-electron chi connectivity index (χ3n) is 4.30. The topological polar surface area (TPSA) is 93.1 Å². The van der Waals surface area contributed by atoms with Gasteiger partial charge in [0, 0.05) is 11.5 Å². The van der Waals surface area contributed by atoms with Crippen LogP contribution in [-0.2, 0) is 4.79 Å². The van der Waals surface area contributed by atoms with E-state index >= 15 is 0 Å². The van der Waals surface area contributed by atoms with Gasteiger partial charge < -0.3 is 0 Å². The van der Waals surface area contributed by atoms with Gasteiger partial charge in [-0.15, -0.1) is 0 Å². The molecule has 3 rings (SSSR count). The molecule has 0 aliphatic rings. The van der Waals surface area contributed by atoms with E-state index in [1.165, 1.54) is 10.8 Å². The van der Waals surface area contributed by atoms with Crippen LogP contribution in [0.15, 0.2) is 59.4 Å². The molecule has 1 heterocycles. The molecule has 0 radical (unpaired) electrons. The lowest BCUT2D eigenvalue weighted by Gasteiger charge is -2.13. The SMILES string of the molecule is Cc1cccc(/C=C/C(=O)NNC(=O)c2nn(C(C)C)c(=O)c3ccccc23)c1. The maximum atomic E-state index is 12.6.